The fourth-order valence-corrected chi connectivity index (χ4v) is 1.11. The van der Waals surface area contributed by atoms with Gasteiger partial charge in [-0.1, -0.05) is 13.3 Å². The number of halogens is 9. The summed E-state index contributed by atoms with van der Waals surface area (Å²) in [6.45, 7) is 0.598. The number of hydrogen-bond acceptors (Lipinski definition) is 1. The summed E-state index contributed by atoms with van der Waals surface area (Å²) in [6.07, 6.45) is -7.68. The summed E-state index contributed by atoms with van der Waals surface area (Å²) in [5.74, 6) is -18.9. The molecule has 20 heavy (non-hydrogen) atoms. The lowest BCUT2D eigenvalue weighted by Gasteiger charge is -2.33. The molecule has 0 aromatic carbocycles. The van der Waals surface area contributed by atoms with Crippen LogP contribution in [0.5, 0.6) is 0 Å². The molecule has 0 aliphatic heterocycles. The summed E-state index contributed by atoms with van der Waals surface area (Å²) < 4.78 is 116. The zero-order valence-electron chi connectivity index (χ0n) is 10.3. The summed E-state index contributed by atoms with van der Waals surface area (Å²) >= 11 is 0. The maximum Gasteiger partial charge on any atom is 0.460 e. The Kier molecular flexibility index (Phi) is 6.18. The number of ether oxygens (including phenoxy) is 1. The second kappa shape index (κ2) is 6.40. The lowest BCUT2D eigenvalue weighted by Crippen LogP contribution is -2.61. The average Bonchev–Trinajstić information content (AvgIpc) is 2.26. The highest BCUT2D eigenvalue weighted by atomic mass is 19.4. The molecule has 0 spiro atoms. The molecule has 0 rings (SSSR count). The number of alkyl halides is 9. The molecule has 0 saturated carbocycles. The summed E-state index contributed by atoms with van der Waals surface area (Å²) in [5.41, 5.74) is 0. The molecule has 0 aromatic heterocycles. The van der Waals surface area contributed by atoms with Crippen LogP contribution in [0.2, 0.25) is 0 Å². The topological polar surface area (TPSA) is 9.23 Å². The monoisotopic (exact) mass is 320 g/mol. The quantitative estimate of drug-likeness (QED) is 0.467. The largest absolute Gasteiger partial charge is 0.460 e. The van der Waals surface area contributed by atoms with Gasteiger partial charge in [0.25, 0.3) is 0 Å². The molecular formula is C10H13F9O. The van der Waals surface area contributed by atoms with E-state index in [-0.39, 0.29) is 6.61 Å². The van der Waals surface area contributed by atoms with E-state index in [1.165, 1.54) is 0 Å². The number of unbranched alkanes of at least 4 members (excludes halogenated alkanes) is 1. The van der Waals surface area contributed by atoms with Crippen molar-refractivity contribution in [3.63, 3.8) is 0 Å². The Morgan fingerprint density at radius 1 is 0.750 bits per heavy atom. The van der Waals surface area contributed by atoms with Crippen molar-refractivity contribution in [2.45, 2.75) is 50.1 Å². The van der Waals surface area contributed by atoms with E-state index in [0.29, 0.717) is 12.8 Å². The van der Waals surface area contributed by atoms with Gasteiger partial charge in [0, 0.05) is 13.0 Å². The Labute approximate surface area is 109 Å². The third kappa shape index (κ3) is 3.92. The second-order valence-electron chi connectivity index (χ2n) is 4.07. The van der Waals surface area contributed by atoms with Crippen LogP contribution in [-0.4, -0.2) is 37.2 Å². The normalized spacial score (nSPS) is 14.7. The molecule has 0 aromatic rings. The van der Waals surface area contributed by atoms with Gasteiger partial charge in [-0.15, -0.1) is 0 Å². The molecule has 0 fully saturated rings. The molecule has 0 atom stereocenters. The molecular weight excluding hydrogens is 307 g/mol. The molecule has 0 aliphatic rings. The predicted octanol–water partition coefficient (Wildman–Crippen LogP) is 4.66. The number of rotatable bonds is 8. The first-order chi connectivity index (χ1) is 8.81. The van der Waals surface area contributed by atoms with E-state index in [1.54, 1.807) is 6.92 Å². The second-order valence-corrected chi connectivity index (χ2v) is 4.07. The van der Waals surface area contributed by atoms with Crippen LogP contribution in [0.4, 0.5) is 39.5 Å². The van der Waals surface area contributed by atoms with E-state index < -0.39 is 37.0 Å². The van der Waals surface area contributed by atoms with Gasteiger partial charge in [0.05, 0.1) is 6.61 Å². The summed E-state index contributed by atoms with van der Waals surface area (Å²) in [7, 11) is 0. The first-order valence-electron chi connectivity index (χ1n) is 5.59. The van der Waals surface area contributed by atoms with Crippen molar-refractivity contribution in [3.05, 3.63) is 0 Å². The van der Waals surface area contributed by atoms with Crippen LogP contribution in [0.3, 0.4) is 0 Å². The van der Waals surface area contributed by atoms with Crippen LogP contribution in [-0.2, 0) is 4.74 Å². The highest BCUT2D eigenvalue weighted by molar-refractivity contribution is 5.00. The number of hydrogen-bond donors (Lipinski definition) is 0. The maximum atomic E-state index is 12.9. The minimum Gasteiger partial charge on any atom is -0.381 e. The van der Waals surface area contributed by atoms with Crippen molar-refractivity contribution in [2.75, 3.05) is 13.2 Å². The summed E-state index contributed by atoms with van der Waals surface area (Å²) in [5, 5.41) is 0. The van der Waals surface area contributed by atoms with Gasteiger partial charge < -0.3 is 4.74 Å². The molecule has 0 heterocycles. The molecule has 10 heteroatoms. The fraction of sp³-hybridized carbons (Fsp3) is 1.00. The van der Waals surface area contributed by atoms with Crippen LogP contribution in [0.1, 0.15) is 26.2 Å². The van der Waals surface area contributed by atoms with E-state index in [4.69, 9.17) is 0 Å². The smallest absolute Gasteiger partial charge is 0.381 e. The highest BCUT2D eigenvalue weighted by Crippen LogP contribution is 2.53. The Balaban J connectivity index is 4.81. The lowest BCUT2D eigenvalue weighted by molar-refractivity contribution is -0.397. The van der Waals surface area contributed by atoms with Gasteiger partial charge in [-0.3, -0.25) is 0 Å². The minimum absolute atomic E-state index is 0.0756. The van der Waals surface area contributed by atoms with Gasteiger partial charge in [-0.25, -0.2) is 0 Å². The van der Waals surface area contributed by atoms with Gasteiger partial charge >= 0.3 is 23.9 Å². The van der Waals surface area contributed by atoms with Crippen molar-refractivity contribution in [1.29, 1.82) is 0 Å². The maximum absolute atomic E-state index is 12.9. The van der Waals surface area contributed by atoms with E-state index >= 15 is 0 Å². The van der Waals surface area contributed by atoms with E-state index in [1.807, 2.05) is 0 Å². The zero-order valence-corrected chi connectivity index (χ0v) is 10.3. The standard InChI is InChI=1S/C10H13F9O/c1-2-3-5-20-6-4-7(11,12)8(13,14)9(15,16)10(17,18)19/h2-6H2,1H3. The fourth-order valence-electron chi connectivity index (χ4n) is 1.11. The van der Waals surface area contributed by atoms with Crippen molar-refractivity contribution in [2.24, 2.45) is 0 Å². The molecule has 0 unspecified atom stereocenters. The molecule has 0 radical (unpaired) electrons. The summed E-state index contributed by atoms with van der Waals surface area (Å²) in [6, 6.07) is 0. The lowest BCUT2D eigenvalue weighted by atomic mass is 10.0. The Morgan fingerprint density at radius 2 is 1.25 bits per heavy atom. The Morgan fingerprint density at radius 3 is 1.65 bits per heavy atom. The third-order valence-corrected chi connectivity index (χ3v) is 2.41. The van der Waals surface area contributed by atoms with E-state index in [2.05, 4.69) is 4.74 Å². The van der Waals surface area contributed by atoms with Crippen molar-refractivity contribution in [3.8, 4) is 0 Å². The molecule has 0 aliphatic carbocycles. The SMILES string of the molecule is CCCCOCCC(F)(F)C(F)(F)C(F)(F)C(F)(F)F. The Bertz CT molecular complexity index is 298. The first kappa shape index (κ1) is 19.3. The van der Waals surface area contributed by atoms with Gasteiger partial charge in [-0.05, 0) is 6.42 Å². The molecule has 1 nitrogen and oxygen atoms in total. The van der Waals surface area contributed by atoms with E-state index in [9.17, 15) is 39.5 Å². The highest BCUT2D eigenvalue weighted by Gasteiger charge is 2.81. The van der Waals surface area contributed by atoms with Gasteiger partial charge in [0.15, 0.2) is 0 Å². The summed E-state index contributed by atoms with van der Waals surface area (Å²) in [4.78, 5) is 0. The van der Waals surface area contributed by atoms with Crippen molar-refractivity contribution >= 4 is 0 Å². The Hall–Kier alpha value is -0.670. The van der Waals surface area contributed by atoms with Gasteiger partial charge in [0.1, 0.15) is 0 Å². The van der Waals surface area contributed by atoms with Crippen LogP contribution in [0, 0.1) is 0 Å². The average molecular weight is 320 g/mol. The molecule has 0 saturated heterocycles. The van der Waals surface area contributed by atoms with Crippen molar-refractivity contribution in [1.82, 2.24) is 0 Å². The van der Waals surface area contributed by atoms with E-state index in [0.717, 1.165) is 0 Å². The van der Waals surface area contributed by atoms with Crippen LogP contribution >= 0.6 is 0 Å². The van der Waals surface area contributed by atoms with Gasteiger partial charge in [-0.2, -0.15) is 39.5 Å². The molecule has 0 bridgehead atoms. The first-order valence-corrected chi connectivity index (χ1v) is 5.59. The van der Waals surface area contributed by atoms with Crippen molar-refractivity contribution < 1.29 is 44.3 Å². The van der Waals surface area contributed by atoms with Crippen LogP contribution < -0.4 is 0 Å². The molecule has 0 amide bonds. The minimum atomic E-state index is -6.83. The third-order valence-electron chi connectivity index (χ3n) is 2.41. The molecule has 122 valence electrons. The molecule has 0 N–H and O–H groups in total. The van der Waals surface area contributed by atoms with Crippen LogP contribution in [0.15, 0.2) is 0 Å². The zero-order chi connectivity index (χ0) is 16.2. The van der Waals surface area contributed by atoms with Crippen LogP contribution in [0.25, 0.3) is 0 Å². The predicted molar refractivity (Wildman–Crippen MR) is 51.2 cm³/mol. The van der Waals surface area contributed by atoms with Gasteiger partial charge in [0.2, 0.25) is 0 Å².